The van der Waals surface area contributed by atoms with E-state index in [1.807, 2.05) is 36.4 Å². The van der Waals surface area contributed by atoms with Crippen LogP contribution in [0.5, 0.6) is 11.5 Å². The van der Waals surface area contributed by atoms with Crippen molar-refractivity contribution in [3.05, 3.63) is 89.7 Å². The van der Waals surface area contributed by atoms with E-state index in [-0.39, 0.29) is 23.0 Å². The van der Waals surface area contributed by atoms with Gasteiger partial charge in [0.15, 0.2) is 11.5 Å². The molecule has 1 heterocycles. The number of rotatable bonds is 9. The highest BCUT2D eigenvalue weighted by atomic mass is 19.3. The molecule has 1 amide bonds. The molecule has 0 atom stereocenters. The molecule has 0 saturated heterocycles. The van der Waals surface area contributed by atoms with Crippen LogP contribution in [-0.4, -0.2) is 36.1 Å². The average Bonchev–Trinajstić information content (AvgIpc) is 2.77. The van der Waals surface area contributed by atoms with Crippen molar-refractivity contribution < 1.29 is 23.0 Å². The summed E-state index contributed by atoms with van der Waals surface area (Å²) in [6.45, 7) is -2.22. The number of nitrogens with zero attached hydrogens (tertiary/aromatic N) is 2. The lowest BCUT2D eigenvalue weighted by atomic mass is 10.1. The number of alkyl halides is 2. The van der Waals surface area contributed by atoms with Crippen molar-refractivity contribution in [1.29, 1.82) is 0 Å². The van der Waals surface area contributed by atoms with E-state index in [9.17, 15) is 13.6 Å². The first-order valence-electron chi connectivity index (χ1n) is 9.42. The molecule has 0 aliphatic heterocycles. The normalized spacial score (nSPS) is 10.7. The van der Waals surface area contributed by atoms with Gasteiger partial charge in [0, 0.05) is 31.0 Å². The zero-order valence-electron chi connectivity index (χ0n) is 16.5. The van der Waals surface area contributed by atoms with Gasteiger partial charge in [0.1, 0.15) is 0 Å². The zero-order valence-corrected chi connectivity index (χ0v) is 16.5. The van der Waals surface area contributed by atoms with Crippen LogP contribution in [0, 0.1) is 0 Å². The fourth-order valence-corrected chi connectivity index (χ4v) is 3.05. The number of methoxy groups -OCH3 is 1. The van der Waals surface area contributed by atoms with Gasteiger partial charge in [-0.05, 0) is 41.8 Å². The molecule has 0 aliphatic rings. The smallest absolute Gasteiger partial charge is 0.387 e. The molecule has 2 aromatic carbocycles. The Balaban J connectivity index is 1.84. The van der Waals surface area contributed by atoms with Crippen LogP contribution in [0.3, 0.4) is 0 Å². The predicted octanol–water partition coefficient (Wildman–Crippen LogP) is 4.58. The van der Waals surface area contributed by atoms with Gasteiger partial charge in [0.2, 0.25) is 0 Å². The Kier molecular flexibility index (Phi) is 7.32. The third-order valence-corrected chi connectivity index (χ3v) is 4.52. The Morgan fingerprint density at radius 1 is 1.03 bits per heavy atom. The molecule has 0 bridgehead atoms. The first kappa shape index (κ1) is 21.2. The number of aromatic nitrogens is 1. The molecule has 156 valence electrons. The Morgan fingerprint density at radius 3 is 2.47 bits per heavy atom. The van der Waals surface area contributed by atoms with Crippen molar-refractivity contribution in [3.8, 4) is 11.5 Å². The molecule has 0 radical (unpaired) electrons. The van der Waals surface area contributed by atoms with Crippen LogP contribution in [-0.2, 0) is 13.0 Å². The molecule has 0 saturated carbocycles. The lowest BCUT2D eigenvalue weighted by Gasteiger charge is -2.23. The summed E-state index contributed by atoms with van der Waals surface area (Å²) in [7, 11) is 1.35. The minimum atomic E-state index is -3.02. The Labute approximate surface area is 173 Å². The van der Waals surface area contributed by atoms with E-state index >= 15 is 0 Å². The van der Waals surface area contributed by atoms with Crippen molar-refractivity contribution >= 4 is 5.91 Å². The third kappa shape index (κ3) is 5.76. The summed E-state index contributed by atoms with van der Waals surface area (Å²) in [5.74, 6) is -0.339. The van der Waals surface area contributed by atoms with Crippen molar-refractivity contribution in [2.45, 2.75) is 19.6 Å². The zero-order chi connectivity index (χ0) is 21.3. The van der Waals surface area contributed by atoms with E-state index in [1.54, 1.807) is 23.4 Å². The summed E-state index contributed by atoms with van der Waals surface area (Å²) in [6, 6.07) is 17.8. The molecule has 0 N–H and O–H groups in total. The fourth-order valence-electron chi connectivity index (χ4n) is 3.05. The number of hydrogen-bond acceptors (Lipinski definition) is 4. The average molecular weight is 412 g/mol. The van der Waals surface area contributed by atoms with Gasteiger partial charge in [-0.1, -0.05) is 36.4 Å². The molecule has 3 aromatic rings. The molecule has 0 aliphatic carbocycles. The number of pyridine rings is 1. The van der Waals surface area contributed by atoms with Gasteiger partial charge in [-0.3, -0.25) is 9.78 Å². The first-order valence-corrected chi connectivity index (χ1v) is 9.42. The molecule has 5 nitrogen and oxygen atoms in total. The van der Waals surface area contributed by atoms with Gasteiger partial charge in [-0.25, -0.2) is 0 Å². The van der Waals surface area contributed by atoms with Crippen LogP contribution in [0.25, 0.3) is 0 Å². The highest BCUT2D eigenvalue weighted by molar-refractivity contribution is 5.95. The maximum atomic E-state index is 13.2. The lowest BCUT2D eigenvalue weighted by molar-refractivity contribution is -0.0512. The summed E-state index contributed by atoms with van der Waals surface area (Å²) in [6.07, 6.45) is 4.02. The van der Waals surface area contributed by atoms with Gasteiger partial charge in [-0.2, -0.15) is 8.78 Å². The van der Waals surface area contributed by atoms with Gasteiger partial charge >= 0.3 is 6.61 Å². The van der Waals surface area contributed by atoms with Gasteiger partial charge < -0.3 is 14.4 Å². The number of carbonyl (C=O) groups is 1. The van der Waals surface area contributed by atoms with Crippen molar-refractivity contribution in [3.63, 3.8) is 0 Å². The molecule has 3 rings (SSSR count). The number of hydrogen-bond donors (Lipinski definition) is 0. The standard InChI is InChI=1S/C23H22F2N2O3/c1-29-20-10-9-19(14-21(20)30-23(24)25)22(28)27(16-18-8-5-12-26-15-18)13-11-17-6-3-2-4-7-17/h2-10,12,14-15,23H,11,13,16H2,1H3. The van der Waals surface area contributed by atoms with E-state index in [4.69, 9.17) is 4.74 Å². The second-order valence-corrected chi connectivity index (χ2v) is 6.57. The Hall–Kier alpha value is -3.48. The second-order valence-electron chi connectivity index (χ2n) is 6.57. The number of ether oxygens (including phenoxy) is 2. The summed E-state index contributed by atoms with van der Waals surface area (Å²) in [5.41, 5.74) is 2.21. The van der Waals surface area contributed by atoms with Crippen LogP contribution in [0.4, 0.5) is 8.78 Å². The number of benzene rings is 2. The maximum absolute atomic E-state index is 13.2. The largest absolute Gasteiger partial charge is 0.493 e. The molecule has 0 unspecified atom stereocenters. The SMILES string of the molecule is COc1ccc(C(=O)N(CCc2ccccc2)Cc2cccnc2)cc1OC(F)F. The summed E-state index contributed by atoms with van der Waals surface area (Å²) in [4.78, 5) is 19.0. The van der Waals surface area contributed by atoms with E-state index in [0.29, 0.717) is 19.5 Å². The molecule has 7 heteroatoms. The summed E-state index contributed by atoms with van der Waals surface area (Å²) in [5, 5.41) is 0. The highest BCUT2D eigenvalue weighted by Gasteiger charge is 2.20. The van der Waals surface area contributed by atoms with Crippen LogP contribution >= 0.6 is 0 Å². The Bertz CT molecular complexity index is 953. The van der Waals surface area contributed by atoms with E-state index in [1.165, 1.54) is 25.3 Å². The van der Waals surface area contributed by atoms with Crippen LogP contribution in [0.15, 0.2) is 73.1 Å². The van der Waals surface area contributed by atoms with Crippen molar-refractivity contribution in [2.75, 3.05) is 13.7 Å². The van der Waals surface area contributed by atoms with Gasteiger partial charge in [0.05, 0.1) is 7.11 Å². The molecular weight excluding hydrogens is 390 g/mol. The fraction of sp³-hybridized carbons (Fsp3) is 0.217. The van der Waals surface area contributed by atoms with Gasteiger partial charge in [0.25, 0.3) is 5.91 Å². The number of carbonyl (C=O) groups excluding carboxylic acids is 1. The number of halogens is 2. The van der Waals surface area contributed by atoms with E-state index in [2.05, 4.69) is 9.72 Å². The molecule has 1 aromatic heterocycles. The Morgan fingerprint density at radius 2 is 1.80 bits per heavy atom. The van der Waals surface area contributed by atoms with Crippen molar-refractivity contribution in [2.24, 2.45) is 0 Å². The lowest BCUT2D eigenvalue weighted by Crippen LogP contribution is -2.32. The molecule has 0 spiro atoms. The molecule has 0 fully saturated rings. The van der Waals surface area contributed by atoms with E-state index in [0.717, 1.165) is 11.1 Å². The number of amides is 1. The topological polar surface area (TPSA) is 51.7 Å². The minimum Gasteiger partial charge on any atom is -0.493 e. The maximum Gasteiger partial charge on any atom is 0.387 e. The van der Waals surface area contributed by atoms with Crippen molar-refractivity contribution in [1.82, 2.24) is 9.88 Å². The van der Waals surface area contributed by atoms with E-state index < -0.39 is 6.61 Å². The quantitative estimate of drug-likeness (QED) is 0.516. The third-order valence-electron chi connectivity index (χ3n) is 4.52. The van der Waals surface area contributed by atoms with Crippen LogP contribution in [0.1, 0.15) is 21.5 Å². The van der Waals surface area contributed by atoms with Crippen LogP contribution in [0.2, 0.25) is 0 Å². The molecule has 30 heavy (non-hydrogen) atoms. The van der Waals surface area contributed by atoms with Crippen LogP contribution < -0.4 is 9.47 Å². The monoisotopic (exact) mass is 412 g/mol. The minimum absolute atomic E-state index is 0.134. The summed E-state index contributed by atoms with van der Waals surface area (Å²) >= 11 is 0. The van der Waals surface area contributed by atoms with Gasteiger partial charge in [-0.15, -0.1) is 0 Å². The molecular formula is C23H22F2N2O3. The predicted molar refractivity (Wildman–Crippen MR) is 109 cm³/mol. The summed E-state index contributed by atoms with van der Waals surface area (Å²) < 4.78 is 35.1. The highest BCUT2D eigenvalue weighted by Crippen LogP contribution is 2.30. The first-order chi connectivity index (χ1) is 14.6. The second kappa shape index (κ2) is 10.3.